The standard InChI is InChI=1S/C15H14F3N3O3/c16-15(17,18)14-19-13(20-24-14)8-10-1-2-11(9-22)12(7-10)21-3-5-23-6-4-21/h1-2,7,9H,3-6,8H2. The predicted octanol–water partition coefficient (Wildman–Crippen LogP) is 2.33. The van der Waals surface area contributed by atoms with Gasteiger partial charge >= 0.3 is 12.1 Å². The van der Waals surface area contributed by atoms with E-state index < -0.39 is 12.1 Å². The van der Waals surface area contributed by atoms with Crippen molar-refractivity contribution in [2.75, 3.05) is 31.2 Å². The number of ether oxygens (including phenoxy) is 1. The van der Waals surface area contributed by atoms with Gasteiger partial charge in [0.25, 0.3) is 0 Å². The third-order valence-corrected chi connectivity index (χ3v) is 3.65. The number of benzene rings is 1. The van der Waals surface area contributed by atoms with Gasteiger partial charge in [0.05, 0.1) is 13.2 Å². The molecule has 0 saturated carbocycles. The molecule has 0 aliphatic carbocycles. The molecule has 0 N–H and O–H groups in total. The molecule has 0 amide bonds. The molecular formula is C15H14F3N3O3. The van der Waals surface area contributed by atoms with E-state index in [-0.39, 0.29) is 12.2 Å². The maximum Gasteiger partial charge on any atom is 0.471 e. The van der Waals surface area contributed by atoms with E-state index in [2.05, 4.69) is 14.7 Å². The summed E-state index contributed by atoms with van der Waals surface area (Å²) in [4.78, 5) is 16.6. The van der Waals surface area contributed by atoms with Gasteiger partial charge in [-0.2, -0.15) is 18.2 Å². The van der Waals surface area contributed by atoms with Crippen LogP contribution in [0.4, 0.5) is 18.9 Å². The number of morpholine rings is 1. The second kappa shape index (κ2) is 6.60. The normalized spacial score (nSPS) is 15.5. The van der Waals surface area contributed by atoms with Crippen molar-refractivity contribution in [1.82, 2.24) is 10.1 Å². The van der Waals surface area contributed by atoms with Gasteiger partial charge in [0.15, 0.2) is 12.1 Å². The highest BCUT2D eigenvalue weighted by Crippen LogP contribution is 2.28. The summed E-state index contributed by atoms with van der Waals surface area (Å²) in [5.41, 5.74) is 1.94. The molecule has 0 radical (unpaired) electrons. The summed E-state index contributed by atoms with van der Waals surface area (Å²) in [7, 11) is 0. The van der Waals surface area contributed by atoms with Gasteiger partial charge in [-0.3, -0.25) is 4.79 Å². The molecule has 1 aliphatic heterocycles. The fraction of sp³-hybridized carbons (Fsp3) is 0.400. The summed E-state index contributed by atoms with van der Waals surface area (Å²) in [6, 6.07) is 5.06. The molecule has 0 unspecified atom stereocenters. The minimum absolute atomic E-state index is 0.0610. The van der Waals surface area contributed by atoms with Crippen LogP contribution >= 0.6 is 0 Å². The molecule has 0 atom stereocenters. The van der Waals surface area contributed by atoms with E-state index in [9.17, 15) is 18.0 Å². The fourth-order valence-electron chi connectivity index (χ4n) is 2.50. The second-order valence-corrected chi connectivity index (χ2v) is 5.30. The Morgan fingerprint density at radius 3 is 2.62 bits per heavy atom. The van der Waals surface area contributed by atoms with E-state index in [0.29, 0.717) is 37.4 Å². The first-order valence-corrected chi connectivity index (χ1v) is 7.28. The van der Waals surface area contributed by atoms with Crippen molar-refractivity contribution < 1.29 is 27.2 Å². The van der Waals surface area contributed by atoms with Crippen LogP contribution in [0, 0.1) is 0 Å². The summed E-state index contributed by atoms with van der Waals surface area (Å²) in [6.45, 7) is 2.40. The van der Waals surface area contributed by atoms with E-state index >= 15 is 0 Å². The first kappa shape index (κ1) is 16.4. The number of hydrogen-bond acceptors (Lipinski definition) is 6. The van der Waals surface area contributed by atoms with Crippen LogP contribution in [-0.4, -0.2) is 42.7 Å². The first-order chi connectivity index (χ1) is 11.5. The SMILES string of the molecule is O=Cc1ccc(Cc2noc(C(F)(F)F)n2)cc1N1CCOCC1. The number of carbonyl (C=O) groups is 1. The van der Waals surface area contributed by atoms with Crippen molar-refractivity contribution in [3.63, 3.8) is 0 Å². The topological polar surface area (TPSA) is 68.5 Å². The highest BCUT2D eigenvalue weighted by atomic mass is 19.4. The molecule has 1 aromatic carbocycles. The van der Waals surface area contributed by atoms with Gasteiger partial charge in [-0.1, -0.05) is 11.2 Å². The highest BCUT2D eigenvalue weighted by molar-refractivity contribution is 5.85. The lowest BCUT2D eigenvalue weighted by Gasteiger charge is -2.30. The molecular weight excluding hydrogens is 327 g/mol. The number of aldehydes is 1. The molecule has 24 heavy (non-hydrogen) atoms. The van der Waals surface area contributed by atoms with Crippen LogP contribution in [0.1, 0.15) is 27.6 Å². The number of anilines is 1. The lowest BCUT2D eigenvalue weighted by atomic mass is 10.1. The maximum absolute atomic E-state index is 12.5. The average Bonchev–Trinajstić information content (AvgIpc) is 3.04. The van der Waals surface area contributed by atoms with Crippen LogP contribution in [-0.2, 0) is 17.3 Å². The molecule has 1 aromatic heterocycles. The van der Waals surface area contributed by atoms with Gasteiger partial charge in [0, 0.05) is 30.8 Å². The van der Waals surface area contributed by atoms with E-state index in [1.54, 1.807) is 18.2 Å². The molecule has 6 nitrogen and oxygen atoms in total. The van der Waals surface area contributed by atoms with Crippen LogP contribution in [0.25, 0.3) is 0 Å². The molecule has 2 heterocycles. The quantitative estimate of drug-likeness (QED) is 0.795. The van der Waals surface area contributed by atoms with E-state index in [4.69, 9.17) is 4.74 Å². The largest absolute Gasteiger partial charge is 0.471 e. The predicted molar refractivity (Wildman–Crippen MR) is 77.0 cm³/mol. The Bertz CT molecular complexity index is 724. The fourth-order valence-corrected chi connectivity index (χ4v) is 2.50. The number of rotatable bonds is 4. The lowest BCUT2D eigenvalue weighted by Crippen LogP contribution is -2.36. The smallest absolute Gasteiger partial charge is 0.378 e. The lowest BCUT2D eigenvalue weighted by molar-refractivity contribution is -0.159. The third kappa shape index (κ3) is 3.56. The van der Waals surface area contributed by atoms with E-state index in [1.807, 2.05) is 4.90 Å². The van der Waals surface area contributed by atoms with Gasteiger partial charge < -0.3 is 14.2 Å². The van der Waals surface area contributed by atoms with Crippen molar-refractivity contribution in [3.8, 4) is 0 Å². The molecule has 1 saturated heterocycles. The van der Waals surface area contributed by atoms with Gasteiger partial charge in [-0.25, -0.2) is 0 Å². The Labute approximate surface area is 135 Å². The Balaban J connectivity index is 1.83. The first-order valence-electron chi connectivity index (χ1n) is 7.28. The van der Waals surface area contributed by atoms with Crippen molar-refractivity contribution in [1.29, 1.82) is 0 Å². The minimum atomic E-state index is -4.66. The molecule has 0 bridgehead atoms. The summed E-state index contributed by atoms with van der Waals surface area (Å²) >= 11 is 0. The molecule has 1 fully saturated rings. The number of aromatic nitrogens is 2. The van der Waals surface area contributed by atoms with Crippen LogP contribution in [0.15, 0.2) is 22.7 Å². The summed E-state index contributed by atoms with van der Waals surface area (Å²) in [5.74, 6) is -1.43. The summed E-state index contributed by atoms with van der Waals surface area (Å²) in [5, 5.41) is 3.35. The number of halogens is 3. The zero-order valence-electron chi connectivity index (χ0n) is 12.5. The zero-order valence-corrected chi connectivity index (χ0v) is 12.5. The minimum Gasteiger partial charge on any atom is -0.378 e. The Morgan fingerprint density at radius 1 is 1.25 bits per heavy atom. The highest BCUT2D eigenvalue weighted by Gasteiger charge is 2.38. The molecule has 1 aliphatic rings. The van der Waals surface area contributed by atoms with Gasteiger partial charge in [0.2, 0.25) is 0 Å². The summed E-state index contributed by atoms with van der Waals surface area (Å²) in [6.07, 6.45) is -3.83. The van der Waals surface area contributed by atoms with Crippen LogP contribution in [0.5, 0.6) is 0 Å². The molecule has 2 aromatic rings. The van der Waals surface area contributed by atoms with E-state index in [0.717, 1.165) is 12.0 Å². The monoisotopic (exact) mass is 341 g/mol. The third-order valence-electron chi connectivity index (χ3n) is 3.65. The van der Waals surface area contributed by atoms with E-state index in [1.165, 1.54) is 0 Å². The molecule has 0 spiro atoms. The second-order valence-electron chi connectivity index (χ2n) is 5.30. The van der Waals surface area contributed by atoms with Crippen molar-refractivity contribution in [2.45, 2.75) is 12.6 Å². The Morgan fingerprint density at radius 2 is 2.00 bits per heavy atom. The average molecular weight is 341 g/mol. The Kier molecular flexibility index (Phi) is 4.52. The van der Waals surface area contributed by atoms with Crippen LogP contribution in [0.3, 0.4) is 0 Å². The number of alkyl halides is 3. The summed E-state index contributed by atoms with van der Waals surface area (Å²) < 4.78 is 47.0. The molecule has 128 valence electrons. The number of nitrogens with zero attached hydrogens (tertiary/aromatic N) is 3. The Hall–Kier alpha value is -2.42. The van der Waals surface area contributed by atoms with Crippen molar-refractivity contribution in [3.05, 3.63) is 41.0 Å². The molecule has 3 rings (SSSR count). The number of carbonyl (C=O) groups excluding carboxylic acids is 1. The zero-order chi connectivity index (χ0) is 17.2. The maximum atomic E-state index is 12.5. The van der Waals surface area contributed by atoms with Gasteiger partial charge in [-0.15, -0.1) is 0 Å². The van der Waals surface area contributed by atoms with Crippen molar-refractivity contribution in [2.24, 2.45) is 0 Å². The van der Waals surface area contributed by atoms with Gasteiger partial charge in [-0.05, 0) is 17.7 Å². The van der Waals surface area contributed by atoms with Crippen LogP contribution in [0.2, 0.25) is 0 Å². The van der Waals surface area contributed by atoms with Crippen LogP contribution < -0.4 is 4.90 Å². The molecule has 9 heteroatoms. The number of hydrogen-bond donors (Lipinski definition) is 0. The van der Waals surface area contributed by atoms with Crippen molar-refractivity contribution >= 4 is 12.0 Å². The van der Waals surface area contributed by atoms with Gasteiger partial charge in [0.1, 0.15) is 0 Å².